The van der Waals surface area contributed by atoms with Crippen LogP contribution in [0.15, 0.2) is 87.9 Å². The minimum atomic E-state index is -0.566. The predicted octanol–water partition coefficient (Wildman–Crippen LogP) is 5.15. The fourth-order valence-electron chi connectivity index (χ4n) is 3.85. The van der Waals surface area contributed by atoms with Crippen LogP contribution in [0.2, 0.25) is 0 Å². The summed E-state index contributed by atoms with van der Waals surface area (Å²) in [5, 5.41) is 11.9. The summed E-state index contributed by atoms with van der Waals surface area (Å²) in [4.78, 5) is 39.5. The van der Waals surface area contributed by atoms with Gasteiger partial charge in [-0.1, -0.05) is 23.4 Å². The van der Waals surface area contributed by atoms with Gasteiger partial charge in [-0.05, 0) is 55.5 Å². The number of methoxy groups -OCH3 is 3. The molecule has 1 aromatic heterocycles. The molecule has 0 radical (unpaired) electrons. The van der Waals surface area contributed by atoms with Gasteiger partial charge in [0.05, 0.1) is 27.1 Å². The van der Waals surface area contributed by atoms with Gasteiger partial charge in [0.2, 0.25) is 5.91 Å². The van der Waals surface area contributed by atoms with Gasteiger partial charge in [-0.2, -0.15) is 0 Å². The number of amides is 3. The molecule has 3 aromatic carbocycles. The van der Waals surface area contributed by atoms with Crippen molar-refractivity contribution in [3.05, 3.63) is 95.4 Å². The van der Waals surface area contributed by atoms with Crippen molar-refractivity contribution in [1.82, 2.24) is 10.5 Å². The summed E-state index contributed by atoms with van der Waals surface area (Å²) in [6, 6.07) is 20.4. The summed E-state index contributed by atoms with van der Waals surface area (Å²) in [5.41, 5.74) is 1.31. The standard InChI is InChI=1S/C31H30N4O7S/c1-19-14-28(35-42-19)34-29(36)18-43-23-12-10-22(11-13-23)32-31(38)24(33-30(37)20-8-6-5-7-9-20)15-21-16-26(40-3)27(41-4)17-25(21)39-2/h5-17H,18H2,1-4H3,(H,32,38)(H,33,37)(H,34,35,36)/b24-15-. The third-order valence-electron chi connectivity index (χ3n) is 5.94. The number of ether oxygens (including phenoxy) is 3. The van der Waals surface area contributed by atoms with E-state index in [9.17, 15) is 14.4 Å². The number of hydrogen-bond donors (Lipinski definition) is 3. The second kappa shape index (κ2) is 14.6. The largest absolute Gasteiger partial charge is 0.496 e. The third kappa shape index (κ3) is 8.39. The number of nitrogens with zero attached hydrogens (tertiary/aromatic N) is 1. The van der Waals surface area contributed by atoms with E-state index in [0.29, 0.717) is 45.6 Å². The number of anilines is 2. The number of carbonyl (C=O) groups excluding carboxylic acids is 3. The number of thioether (sulfide) groups is 1. The third-order valence-corrected chi connectivity index (χ3v) is 6.95. The molecule has 11 nitrogen and oxygen atoms in total. The van der Waals surface area contributed by atoms with Gasteiger partial charge in [0.15, 0.2) is 17.3 Å². The maximum absolute atomic E-state index is 13.5. The van der Waals surface area contributed by atoms with E-state index in [4.69, 9.17) is 18.7 Å². The van der Waals surface area contributed by atoms with Crippen molar-refractivity contribution in [3.63, 3.8) is 0 Å². The number of aryl methyl sites for hydroxylation is 1. The summed E-state index contributed by atoms with van der Waals surface area (Å²) in [6.07, 6.45) is 1.50. The van der Waals surface area contributed by atoms with Gasteiger partial charge in [-0.15, -0.1) is 11.8 Å². The molecule has 1 heterocycles. The summed E-state index contributed by atoms with van der Waals surface area (Å²) >= 11 is 1.32. The second-order valence-corrected chi connectivity index (χ2v) is 10.0. The van der Waals surface area contributed by atoms with Crippen LogP contribution >= 0.6 is 11.8 Å². The number of nitrogens with one attached hydrogen (secondary N) is 3. The molecular weight excluding hydrogens is 572 g/mol. The molecule has 43 heavy (non-hydrogen) atoms. The molecule has 4 aromatic rings. The Morgan fingerprint density at radius 1 is 0.860 bits per heavy atom. The molecule has 12 heteroatoms. The van der Waals surface area contributed by atoms with E-state index < -0.39 is 11.8 Å². The molecule has 4 rings (SSSR count). The maximum atomic E-state index is 13.5. The van der Waals surface area contributed by atoms with Crippen LogP contribution < -0.4 is 30.2 Å². The monoisotopic (exact) mass is 602 g/mol. The van der Waals surface area contributed by atoms with Gasteiger partial charge in [0.25, 0.3) is 11.8 Å². The zero-order valence-electron chi connectivity index (χ0n) is 23.9. The van der Waals surface area contributed by atoms with Crippen molar-refractivity contribution in [2.24, 2.45) is 0 Å². The molecule has 0 saturated heterocycles. The molecule has 0 aliphatic rings. The Kier molecular flexibility index (Phi) is 10.4. The Balaban J connectivity index is 1.51. The number of rotatable bonds is 12. The fraction of sp³-hybridized carbons (Fsp3) is 0.161. The lowest BCUT2D eigenvalue weighted by Crippen LogP contribution is -2.30. The normalized spacial score (nSPS) is 10.9. The van der Waals surface area contributed by atoms with Crippen molar-refractivity contribution in [1.29, 1.82) is 0 Å². The number of benzene rings is 3. The fourth-order valence-corrected chi connectivity index (χ4v) is 4.55. The zero-order chi connectivity index (χ0) is 30.8. The lowest BCUT2D eigenvalue weighted by molar-refractivity contribution is -0.114. The van der Waals surface area contributed by atoms with Crippen LogP contribution in [0.4, 0.5) is 11.5 Å². The number of aromatic nitrogens is 1. The molecule has 3 N–H and O–H groups in total. The summed E-state index contributed by atoms with van der Waals surface area (Å²) in [5.74, 6) is 1.11. The molecule has 0 aliphatic carbocycles. The number of carbonyl (C=O) groups is 3. The van der Waals surface area contributed by atoms with Gasteiger partial charge in [0, 0.05) is 33.8 Å². The van der Waals surface area contributed by atoms with E-state index in [2.05, 4.69) is 21.1 Å². The molecular formula is C31H30N4O7S. The maximum Gasteiger partial charge on any atom is 0.272 e. The van der Waals surface area contributed by atoms with Gasteiger partial charge >= 0.3 is 0 Å². The van der Waals surface area contributed by atoms with Gasteiger partial charge in [0.1, 0.15) is 17.2 Å². The molecule has 3 amide bonds. The van der Waals surface area contributed by atoms with Crippen molar-refractivity contribution < 1.29 is 33.1 Å². The number of hydrogen-bond acceptors (Lipinski definition) is 9. The first-order valence-electron chi connectivity index (χ1n) is 12.9. The second-order valence-electron chi connectivity index (χ2n) is 8.97. The molecule has 0 spiro atoms. The molecule has 0 saturated carbocycles. The first kappa shape index (κ1) is 30.7. The van der Waals surface area contributed by atoms with Crippen molar-refractivity contribution in [3.8, 4) is 17.2 Å². The molecule has 0 atom stereocenters. The van der Waals surface area contributed by atoms with Crippen LogP contribution in [-0.2, 0) is 9.59 Å². The Hall–Kier alpha value is -5.23. The smallest absolute Gasteiger partial charge is 0.272 e. The van der Waals surface area contributed by atoms with Crippen LogP contribution in [-0.4, -0.2) is 50.0 Å². The van der Waals surface area contributed by atoms with E-state index in [1.165, 1.54) is 39.2 Å². The minimum Gasteiger partial charge on any atom is -0.496 e. The highest BCUT2D eigenvalue weighted by atomic mass is 32.2. The highest BCUT2D eigenvalue weighted by Crippen LogP contribution is 2.35. The molecule has 0 unspecified atom stereocenters. The lowest BCUT2D eigenvalue weighted by Gasteiger charge is -2.15. The van der Waals surface area contributed by atoms with E-state index in [-0.39, 0.29) is 17.4 Å². The van der Waals surface area contributed by atoms with Crippen LogP contribution in [0, 0.1) is 6.92 Å². The first-order chi connectivity index (χ1) is 20.8. The van der Waals surface area contributed by atoms with Crippen LogP contribution in [0.1, 0.15) is 21.7 Å². The first-order valence-corrected chi connectivity index (χ1v) is 13.9. The van der Waals surface area contributed by atoms with Gasteiger partial charge < -0.3 is 34.7 Å². The summed E-state index contributed by atoms with van der Waals surface area (Å²) in [6.45, 7) is 1.74. The summed E-state index contributed by atoms with van der Waals surface area (Å²) in [7, 11) is 4.48. The zero-order valence-corrected chi connectivity index (χ0v) is 24.7. The van der Waals surface area contributed by atoms with Crippen molar-refractivity contribution in [2.75, 3.05) is 37.7 Å². The average molecular weight is 603 g/mol. The van der Waals surface area contributed by atoms with Crippen LogP contribution in [0.5, 0.6) is 17.2 Å². The Bertz CT molecular complexity index is 1620. The highest BCUT2D eigenvalue weighted by molar-refractivity contribution is 8.00. The van der Waals surface area contributed by atoms with Crippen LogP contribution in [0.25, 0.3) is 6.08 Å². The quantitative estimate of drug-likeness (QED) is 0.148. The van der Waals surface area contributed by atoms with Gasteiger partial charge in [-0.25, -0.2) is 0 Å². The Morgan fingerprint density at radius 3 is 2.16 bits per heavy atom. The van der Waals surface area contributed by atoms with Crippen LogP contribution in [0.3, 0.4) is 0 Å². The van der Waals surface area contributed by atoms with Crippen molar-refractivity contribution >= 4 is 47.1 Å². The molecule has 0 aliphatic heterocycles. The molecule has 222 valence electrons. The highest BCUT2D eigenvalue weighted by Gasteiger charge is 2.18. The molecule has 0 fully saturated rings. The Morgan fingerprint density at radius 2 is 1.53 bits per heavy atom. The van der Waals surface area contributed by atoms with E-state index in [1.54, 1.807) is 79.7 Å². The minimum absolute atomic E-state index is 0.0300. The average Bonchev–Trinajstić information content (AvgIpc) is 3.44. The topological polar surface area (TPSA) is 141 Å². The summed E-state index contributed by atoms with van der Waals surface area (Å²) < 4.78 is 21.2. The lowest BCUT2D eigenvalue weighted by atomic mass is 10.1. The molecule has 0 bridgehead atoms. The van der Waals surface area contributed by atoms with Gasteiger partial charge in [-0.3, -0.25) is 14.4 Å². The van der Waals surface area contributed by atoms with E-state index in [1.807, 2.05) is 0 Å². The predicted molar refractivity (Wildman–Crippen MR) is 164 cm³/mol. The van der Waals surface area contributed by atoms with Crippen molar-refractivity contribution in [2.45, 2.75) is 11.8 Å². The SMILES string of the molecule is COc1cc(OC)c(OC)cc1/C=C(\NC(=O)c1ccccc1)C(=O)Nc1ccc(SCC(=O)Nc2cc(C)on2)cc1. The van der Waals surface area contributed by atoms with E-state index in [0.717, 1.165) is 4.90 Å². The Labute approximate surface area is 252 Å². The van der Waals surface area contributed by atoms with E-state index >= 15 is 0 Å².